The van der Waals surface area contributed by atoms with Crippen LogP contribution in [-0.2, 0) is 0 Å². The minimum atomic E-state index is -2.49. The molecule has 4 nitrogen and oxygen atoms in total. The van der Waals surface area contributed by atoms with Gasteiger partial charge in [0.1, 0.15) is 0 Å². The first-order chi connectivity index (χ1) is 12.1. The quantitative estimate of drug-likeness (QED) is 0.480. The number of thiazole rings is 1. The van der Waals surface area contributed by atoms with E-state index in [0.717, 1.165) is 4.83 Å². The van der Waals surface area contributed by atoms with Crippen LogP contribution in [0.5, 0.6) is 0 Å². The fourth-order valence-electron chi connectivity index (χ4n) is 3.75. The third kappa shape index (κ3) is 4.59. The van der Waals surface area contributed by atoms with E-state index in [9.17, 15) is 4.79 Å². The Morgan fingerprint density at radius 1 is 1.12 bits per heavy atom. The predicted octanol–water partition coefficient (Wildman–Crippen LogP) is 4.81. The summed E-state index contributed by atoms with van der Waals surface area (Å²) in [5, 5.41) is 5.09. The van der Waals surface area contributed by atoms with E-state index < -0.39 is 18.4 Å². The summed E-state index contributed by atoms with van der Waals surface area (Å²) in [6.45, 7) is 6.92. The average Bonchev–Trinajstić information content (AvgIpc) is 3.23. The van der Waals surface area contributed by atoms with Gasteiger partial charge in [-0.05, 0) is 0 Å². The molecule has 2 aromatic heterocycles. The molecule has 25 heavy (non-hydrogen) atoms. The van der Waals surface area contributed by atoms with Gasteiger partial charge in [-0.3, -0.25) is 0 Å². The summed E-state index contributed by atoms with van der Waals surface area (Å²) < 4.78 is 8.17. The molecule has 1 N–H and O–H groups in total. The maximum atomic E-state index is 12.1. The topological polar surface area (TPSA) is 46.4 Å². The van der Waals surface area contributed by atoms with Crippen LogP contribution in [0.15, 0.2) is 11.7 Å². The maximum absolute atomic E-state index is 12.1. The van der Waals surface area contributed by atoms with Crippen molar-refractivity contribution >= 4 is 44.2 Å². The van der Waals surface area contributed by atoms with Crippen LogP contribution >= 0.6 is 11.3 Å². The van der Waals surface area contributed by atoms with Gasteiger partial charge in [-0.15, -0.1) is 0 Å². The molecule has 0 aliphatic carbocycles. The Bertz CT molecular complexity index is 658. The Labute approximate surface area is 160 Å². The normalized spacial score (nSPS) is 12.0. The second-order valence-electron chi connectivity index (χ2n) is 7.06. The molecule has 6 heteroatoms. The average molecular weight is 470 g/mol. The van der Waals surface area contributed by atoms with E-state index >= 15 is 0 Å². The molecule has 0 saturated heterocycles. The second kappa shape index (κ2) is 9.95. The van der Waals surface area contributed by atoms with Crippen molar-refractivity contribution in [3.05, 3.63) is 17.4 Å². The summed E-state index contributed by atoms with van der Waals surface area (Å²) >= 11 is -0.781. The summed E-state index contributed by atoms with van der Waals surface area (Å²) in [5.74, 6) is -0.0765. The molecule has 0 aliphatic heterocycles. The first-order valence-electron chi connectivity index (χ1n) is 9.80. The molecular formula is C19H33N3OSSn. The second-order valence-corrected chi connectivity index (χ2v) is 21.0. The molecule has 0 aromatic carbocycles. The first kappa shape index (κ1) is 20.7. The van der Waals surface area contributed by atoms with E-state index in [1.165, 1.54) is 51.8 Å². The molecule has 0 fully saturated rings. The Hall–Kier alpha value is -0.561. The Morgan fingerprint density at radius 2 is 1.68 bits per heavy atom. The number of carbonyl (C=O) groups excluding carboxylic acids is 1. The standard InChI is InChI=1S/C7H6N3OS.3C4H9.Sn/c1-8-6(11)5-7-10(4-9-5)2-3-12-7;3*1-3-4-2;/h3-4H,1H3,(H,8,11);3*1,3-4H2,2H3;. The molecule has 0 bridgehead atoms. The van der Waals surface area contributed by atoms with Gasteiger partial charge in [0.25, 0.3) is 0 Å². The van der Waals surface area contributed by atoms with Gasteiger partial charge >= 0.3 is 161 Å². The van der Waals surface area contributed by atoms with Crippen molar-refractivity contribution < 1.29 is 4.79 Å². The fourth-order valence-corrected chi connectivity index (χ4v) is 22.8. The van der Waals surface area contributed by atoms with Crippen LogP contribution in [-0.4, -0.2) is 40.7 Å². The molecular weight excluding hydrogens is 437 g/mol. The molecule has 0 radical (unpaired) electrons. The molecule has 2 aromatic rings. The van der Waals surface area contributed by atoms with E-state index in [4.69, 9.17) is 0 Å². The number of carbonyl (C=O) groups is 1. The van der Waals surface area contributed by atoms with Gasteiger partial charge in [0, 0.05) is 0 Å². The molecule has 2 rings (SSSR count). The summed E-state index contributed by atoms with van der Waals surface area (Å²) in [5.41, 5.74) is 0.584. The number of rotatable bonds is 11. The van der Waals surface area contributed by atoms with E-state index in [2.05, 4.69) is 40.9 Å². The molecule has 0 unspecified atom stereocenters. The summed E-state index contributed by atoms with van der Waals surface area (Å²) in [6.07, 6.45) is 9.77. The van der Waals surface area contributed by atoms with Crippen molar-refractivity contribution in [2.24, 2.45) is 0 Å². The van der Waals surface area contributed by atoms with Crippen LogP contribution in [0.4, 0.5) is 0 Å². The van der Waals surface area contributed by atoms with Crippen molar-refractivity contribution in [2.75, 3.05) is 7.05 Å². The first-order valence-corrected chi connectivity index (χ1v) is 18.2. The summed E-state index contributed by atoms with van der Waals surface area (Å²) in [4.78, 5) is 17.6. The van der Waals surface area contributed by atoms with Crippen LogP contribution in [0.2, 0.25) is 13.3 Å². The van der Waals surface area contributed by atoms with Gasteiger partial charge in [0.2, 0.25) is 0 Å². The van der Waals surface area contributed by atoms with Crippen molar-refractivity contribution in [2.45, 2.75) is 72.6 Å². The van der Waals surface area contributed by atoms with Gasteiger partial charge in [-0.2, -0.15) is 0 Å². The monoisotopic (exact) mass is 471 g/mol. The zero-order valence-electron chi connectivity index (χ0n) is 16.2. The summed E-state index contributed by atoms with van der Waals surface area (Å²) in [6, 6.07) is 0. The number of hydrogen-bond acceptors (Lipinski definition) is 3. The number of fused-ring (bicyclic) bond motifs is 1. The van der Waals surface area contributed by atoms with Gasteiger partial charge in [-0.25, -0.2) is 0 Å². The van der Waals surface area contributed by atoms with Crippen molar-refractivity contribution in [1.82, 2.24) is 14.7 Å². The molecule has 0 saturated carbocycles. The molecule has 2 heterocycles. The number of hydrogen-bond donors (Lipinski definition) is 1. The fraction of sp³-hybridized carbons (Fsp3) is 0.684. The van der Waals surface area contributed by atoms with E-state index in [1.807, 2.05) is 6.33 Å². The molecule has 0 aliphatic rings. The van der Waals surface area contributed by atoms with Crippen molar-refractivity contribution in [3.8, 4) is 0 Å². The number of nitrogens with zero attached hydrogens (tertiary/aromatic N) is 2. The number of unbranched alkanes of at least 4 members (excludes halogenated alkanes) is 3. The third-order valence-corrected chi connectivity index (χ3v) is 22.3. The number of nitrogens with one attached hydrogen (secondary N) is 1. The zero-order valence-corrected chi connectivity index (χ0v) is 19.9. The van der Waals surface area contributed by atoms with Gasteiger partial charge in [-0.1, -0.05) is 0 Å². The summed E-state index contributed by atoms with van der Waals surface area (Å²) in [7, 11) is 1.68. The van der Waals surface area contributed by atoms with Gasteiger partial charge in [0.05, 0.1) is 0 Å². The Balaban J connectivity index is 2.49. The van der Waals surface area contributed by atoms with Crippen molar-refractivity contribution in [1.29, 1.82) is 0 Å². The Kier molecular flexibility index (Phi) is 8.26. The van der Waals surface area contributed by atoms with Crippen LogP contribution in [0.3, 0.4) is 0 Å². The van der Waals surface area contributed by atoms with Gasteiger partial charge < -0.3 is 0 Å². The number of aromatic nitrogens is 2. The predicted molar refractivity (Wildman–Crippen MR) is 111 cm³/mol. The molecule has 0 atom stereocenters. The number of imidazole rings is 1. The van der Waals surface area contributed by atoms with Crippen LogP contribution < -0.4 is 9.03 Å². The van der Waals surface area contributed by atoms with Crippen LogP contribution in [0.1, 0.15) is 69.8 Å². The van der Waals surface area contributed by atoms with Gasteiger partial charge in [0.15, 0.2) is 0 Å². The van der Waals surface area contributed by atoms with Crippen LogP contribution in [0, 0.1) is 0 Å². The molecule has 140 valence electrons. The number of amides is 1. The molecule has 1 amide bonds. The molecule has 0 spiro atoms. The minimum absolute atomic E-state index is 0.0765. The van der Waals surface area contributed by atoms with E-state index in [-0.39, 0.29) is 5.91 Å². The SMILES string of the molecule is CCC[CH2][Sn]([CH2]CCC)([CH2]CCC)[c]1csc2c(C(=O)NC)ncn12. The zero-order chi connectivity index (χ0) is 18.3. The third-order valence-electron chi connectivity index (χ3n) is 5.28. The Morgan fingerprint density at radius 3 is 2.16 bits per heavy atom. The van der Waals surface area contributed by atoms with E-state index in [1.54, 1.807) is 22.1 Å². The van der Waals surface area contributed by atoms with Crippen molar-refractivity contribution in [3.63, 3.8) is 0 Å². The van der Waals surface area contributed by atoms with E-state index in [0.29, 0.717) is 5.69 Å². The van der Waals surface area contributed by atoms with Crippen LogP contribution in [0.25, 0.3) is 4.83 Å².